The van der Waals surface area contributed by atoms with Crippen molar-refractivity contribution in [2.75, 3.05) is 19.8 Å². The predicted molar refractivity (Wildman–Crippen MR) is 60.3 cm³/mol. The molecule has 1 aliphatic carbocycles. The average molecular weight is 237 g/mol. The van der Waals surface area contributed by atoms with Crippen LogP contribution in [0.1, 0.15) is 38.5 Å². The molecule has 0 radical (unpaired) electrons. The zero-order valence-corrected chi connectivity index (χ0v) is 10.1. The van der Waals surface area contributed by atoms with Crippen molar-refractivity contribution >= 4 is 5.91 Å². The second kappa shape index (κ2) is 3.23. The minimum atomic E-state index is -0.357. The van der Waals surface area contributed by atoms with Crippen LogP contribution in [-0.4, -0.2) is 41.9 Å². The van der Waals surface area contributed by atoms with E-state index in [0.717, 1.165) is 32.2 Å². The lowest BCUT2D eigenvalue weighted by atomic mass is 9.78. The molecule has 4 aliphatic rings. The number of amides is 1. The Balaban J connectivity index is 1.70. The second-order valence-corrected chi connectivity index (χ2v) is 5.98. The van der Waals surface area contributed by atoms with E-state index in [1.54, 1.807) is 0 Å². The van der Waals surface area contributed by atoms with Gasteiger partial charge in [-0.05, 0) is 18.8 Å². The lowest BCUT2D eigenvalue weighted by Crippen LogP contribution is -2.58. The maximum atomic E-state index is 12.1. The fraction of sp³-hybridized carbons (Fsp3) is 0.923. The minimum absolute atomic E-state index is 0.0830. The lowest BCUT2D eigenvalue weighted by Gasteiger charge is -2.49. The number of hydrogen-bond donors (Lipinski definition) is 0. The van der Waals surface area contributed by atoms with E-state index in [-0.39, 0.29) is 11.3 Å². The molecular weight excluding hydrogens is 218 g/mol. The van der Waals surface area contributed by atoms with Crippen LogP contribution < -0.4 is 0 Å². The Kier molecular flexibility index (Phi) is 1.96. The van der Waals surface area contributed by atoms with E-state index >= 15 is 0 Å². The molecular formula is C13H19NO3. The summed E-state index contributed by atoms with van der Waals surface area (Å²) in [5.74, 6) is 0.562. The summed E-state index contributed by atoms with van der Waals surface area (Å²) >= 11 is 0. The van der Waals surface area contributed by atoms with E-state index in [1.165, 1.54) is 12.8 Å². The Hall–Kier alpha value is -0.610. The van der Waals surface area contributed by atoms with Crippen molar-refractivity contribution in [2.45, 2.75) is 49.9 Å². The number of carbonyl (C=O) groups is 1. The van der Waals surface area contributed by atoms with Gasteiger partial charge in [-0.3, -0.25) is 4.79 Å². The molecule has 4 rings (SSSR count). The van der Waals surface area contributed by atoms with Gasteiger partial charge in [0.25, 0.3) is 0 Å². The van der Waals surface area contributed by atoms with Gasteiger partial charge in [0.15, 0.2) is 5.79 Å². The normalized spacial score (nSPS) is 43.2. The first kappa shape index (κ1) is 10.3. The number of hydrogen-bond acceptors (Lipinski definition) is 3. The smallest absolute Gasteiger partial charge is 0.223 e. The first-order valence-corrected chi connectivity index (χ1v) is 6.83. The first-order valence-electron chi connectivity index (χ1n) is 6.83. The molecule has 0 aromatic rings. The van der Waals surface area contributed by atoms with E-state index in [1.807, 2.05) is 0 Å². The van der Waals surface area contributed by atoms with Crippen LogP contribution in [0.3, 0.4) is 0 Å². The van der Waals surface area contributed by atoms with E-state index < -0.39 is 0 Å². The van der Waals surface area contributed by atoms with Crippen molar-refractivity contribution < 1.29 is 14.3 Å². The molecule has 0 bridgehead atoms. The summed E-state index contributed by atoms with van der Waals surface area (Å²) < 4.78 is 11.7. The van der Waals surface area contributed by atoms with Crippen LogP contribution in [0.2, 0.25) is 0 Å². The van der Waals surface area contributed by atoms with Gasteiger partial charge < -0.3 is 14.4 Å². The molecule has 3 aliphatic heterocycles. The van der Waals surface area contributed by atoms with Gasteiger partial charge in [-0.25, -0.2) is 0 Å². The predicted octanol–water partition coefficient (Wildman–Crippen LogP) is 1.29. The number of nitrogens with zero attached hydrogens (tertiary/aromatic N) is 1. The van der Waals surface area contributed by atoms with Crippen molar-refractivity contribution in [3.05, 3.63) is 0 Å². The molecule has 1 amide bonds. The molecule has 3 heterocycles. The fourth-order valence-electron chi connectivity index (χ4n) is 4.60. The van der Waals surface area contributed by atoms with Crippen LogP contribution in [-0.2, 0) is 14.3 Å². The minimum Gasteiger partial charge on any atom is -0.347 e. The van der Waals surface area contributed by atoms with Gasteiger partial charge >= 0.3 is 0 Å². The number of ether oxygens (including phenoxy) is 2. The zero-order valence-electron chi connectivity index (χ0n) is 10.1. The maximum absolute atomic E-state index is 12.1. The summed E-state index contributed by atoms with van der Waals surface area (Å²) in [5, 5.41) is 0. The summed E-state index contributed by atoms with van der Waals surface area (Å²) in [7, 11) is 0. The third-order valence-electron chi connectivity index (χ3n) is 5.29. The van der Waals surface area contributed by atoms with Crippen LogP contribution in [0, 0.1) is 5.92 Å². The molecule has 4 fully saturated rings. The molecule has 0 aromatic carbocycles. The highest BCUT2D eigenvalue weighted by atomic mass is 16.7. The van der Waals surface area contributed by atoms with Crippen LogP contribution in [0.5, 0.6) is 0 Å². The van der Waals surface area contributed by atoms with Gasteiger partial charge in [0, 0.05) is 25.8 Å². The number of rotatable bonds is 0. The average Bonchev–Trinajstić information content (AvgIpc) is 2.94. The molecule has 0 aromatic heterocycles. The highest BCUT2D eigenvalue weighted by molar-refractivity contribution is 5.80. The quantitative estimate of drug-likeness (QED) is 0.637. The number of carbonyl (C=O) groups excluding carboxylic acids is 1. The summed E-state index contributed by atoms with van der Waals surface area (Å²) in [6, 6.07) is 0. The van der Waals surface area contributed by atoms with E-state index in [2.05, 4.69) is 4.90 Å². The van der Waals surface area contributed by atoms with Crippen molar-refractivity contribution in [3.63, 3.8) is 0 Å². The monoisotopic (exact) mass is 237 g/mol. The molecule has 4 heteroatoms. The second-order valence-electron chi connectivity index (χ2n) is 5.98. The Morgan fingerprint density at radius 1 is 1.24 bits per heavy atom. The summed E-state index contributed by atoms with van der Waals surface area (Å²) in [6.45, 7) is 2.26. The Bertz CT molecular complexity index is 364. The highest BCUT2D eigenvalue weighted by Gasteiger charge is 2.61. The van der Waals surface area contributed by atoms with Crippen LogP contribution in [0.25, 0.3) is 0 Å². The van der Waals surface area contributed by atoms with Gasteiger partial charge in [-0.15, -0.1) is 0 Å². The Labute approximate surface area is 101 Å². The summed E-state index contributed by atoms with van der Waals surface area (Å²) in [5.41, 5.74) is 0.0830. The van der Waals surface area contributed by atoms with Gasteiger partial charge in [-0.1, -0.05) is 6.42 Å². The van der Waals surface area contributed by atoms with Gasteiger partial charge in [0.1, 0.15) is 0 Å². The SMILES string of the molecule is O=C1C[C@H]2CCC[C@@]23CC2(CCN13)OCCO2. The summed E-state index contributed by atoms with van der Waals surface area (Å²) in [4.78, 5) is 14.2. The van der Waals surface area contributed by atoms with E-state index in [4.69, 9.17) is 9.47 Å². The standard InChI is InChI=1S/C13H19NO3/c15-11-8-10-2-1-3-12(10)9-13(4-5-14(11)12)16-6-7-17-13/h10H,1-9H2/t10-,12-/m1/s1. The van der Waals surface area contributed by atoms with Crippen LogP contribution in [0.4, 0.5) is 0 Å². The molecule has 2 atom stereocenters. The van der Waals surface area contributed by atoms with Crippen molar-refractivity contribution in [3.8, 4) is 0 Å². The van der Waals surface area contributed by atoms with Gasteiger partial charge in [0.05, 0.1) is 18.8 Å². The lowest BCUT2D eigenvalue weighted by molar-refractivity contribution is -0.212. The molecule has 4 nitrogen and oxygen atoms in total. The third-order valence-corrected chi connectivity index (χ3v) is 5.29. The van der Waals surface area contributed by atoms with Gasteiger partial charge in [0.2, 0.25) is 5.91 Å². The summed E-state index contributed by atoms with van der Waals surface area (Å²) in [6.07, 6.45) is 6.14. The van der Waals surface area contributed by atoms with Crippen LogP contribution in [0.15, 0.2) is 0 Å². The molecule has 3 saturated heterocycles. The molecule has 1 saturated carbocycles. The van der Waals surface area contributed by atoms with Crippen molar-refractivity contribution in [2.24, 2.45) is 5.92 Å². The maximum Gasteiger partial charge on any atom is 0.223 e. The van der Waals surface area contributed by atoms with Crippen molar-refractivity contribution in [1.82, 2.24) is 4.90 Å². The zero-order chi connectivity index (χ0) is 11.5. The third kappa shape index (κ3) is 1.23. The molecule has 17 heavy (non-hydrogen) atoms. The van der Waals surface area contributed by atoms with E-state index in [0.29, 0.717) is 25.0 Å². The van der Waals surface area contributed by atoms with E-state index in [9.17, 15) is 4.79 Å². The van der Waals surface area contributed by atoms with Crippen LogP contribution >= 0.6 is 0 Å². The first-order chi connectivity index (χ1) is 8.24. The topological polar surface area (TPSA) is 38.8 Å². The molecule has 94 valence electrons. The molecule has 2 spiro atoms. The highest BCUT2D eigenvalue weighted by Crippen LogP contribution is 2.55. The molecule has 0 unspecified atom stereocenters. The van der Waals surface area contributed by atoms with Gasteiger partial charge in [-0.2, -0.15) is 0 Å². The van der Waals surface area contributed by atoms with Crippen molar-refractivity contribution in [1.29, 1.82) is 0 Å². The Morgan fingerprint density at radius 3 is 2.88 bits per heavy atom. The molecule has 0 N–H and O–H groups in total. The Morgan fingerprint density at radius 2 is 2.06 bits per heavy atom. The largest absolute Gasteiger partial charge is 0.347 e. The fourth-order valence-corrected chi connectivity index (χ4v) is 4.60. The number of piperidine rings is 1.